The maximum Gasteiger partial charge on any atom is 0.326 e. The molecule has 2 atom stereocenters. The van der Waals surface area contributed by atoms with Crippen LogP contribution in [0.4, 0.5) is 0 Å². The van der Waals surface area contributed by atoms with Gasteiger partial charge in [-0.3, -0.25) is 4.79 Å². The number of carbonyl (C=O) groups excluding carboxylic acids is 1. The number of thiophene rings is 1. The monoisotopic (exact) mass is 293 g/mol. The predicted octanol–water partition coefficient (Wildman–Crippen LogP) is 2.56. The molecule has 3 rings (SSSR count). The number of hydrogen-bond acceptors (Lipinski definition) is 3. The quantitative estimate of drug-likeness (QED) is 0.911. The van der Waals surface area contributed by atoms with Crippen LogP contribution in [0, 0.1) is 5.92 Å². The molecule has 1 saturated heterocycles. The number of aliphatic carboxylic acids is 1. The minimum absolute atomic E-state index is 0.0815. The van der Waals surface area contributed by atoms with E-state index in [1.54, 1.807) is 16.2 Å². The largest absolute Gasteiger partial charge is 0.480 e. The summed E-state index contributed by atoms with van der Waals surface area (Å²) in [6, 6.07) is -0.638. The second kappa shape index (κ2) is 5.20. The van der Waals surface area contributed by atoms with Crippen LogP contribution in [0.1, 0.15) is 47.0 Å². The van der Waals surface area contributed by atoms with Crippen molar-refractivity contribution in [3.8, 4) is 0 Å². The van der Waals surface area contributed by atoms with Gasteiger partial charge in [-0.05, 0) is 43.6 Å². The van der Waals surface area contributed by atoms with Crippen molar-refractivity contribution in [3.05, 3.63) is 21.4 Å². The molecule has 1 aliphatic carbocycles. The van der Waals surface area contributed by atoms with E-state index in [2.05, 4.69) is 6.92 Å². The summed E-state index contributed by atoms with van der Waals surface area (Å²) in [7, 11) is 0. The van der Waals surface area contributed by atoms with Crippen molar-refractivity contribution in [1.82, 2.24) is 4.90 Å². The molecular weight excluding hydrogens is 274 g/mol. The fourth-order valence-electron chi connectivity index (χ4n) is 3.28. The van der Waals surface area contributed by atoms with Crippen LogP contribution in [0.3, 0.4) is 0 Å². The molecule has 1 aromatic rings. The lowest BCUT2D eigenvalue weighted by Crippen LogP contribution is -2.40. The Morgan fingerprint density at radius 3 is 2.95 bits per heavy atom. The highest BCUT2D eigenvalue weighted by Crippen LogP contribution is 2.34. The van der Waals surface area contributed by atoms with Gasteiger partial charge >= 0.3 is 5.97 Å². The summed E-state index contributed by atoms with van der Waals surface area (Å²) >= 11 is 1.66. The van der Waals surface area contributed by atoms with Crippen LogP contribution in [0.2, 0.25) is 0 Å². The molecule has 4 nitrogen and oxygen atoms in total. The number of carbonyl (C=O) groups is 2. The fraction of sp³-hybridized carbons (Fsp3) is 0.600. The van der Waals surface area contributed by atoms with E-state index in [0.29, 0.717) is 18.9 Å². The van der Waals surface area contributed by atoms with Gasteiger partial charge in [0.1, 0.15) is 6.04 Å². The Bertz CT molecular complexity index is 551. The Hall–Kier alpha value is -1.36. The molecule has 1 amide bonds. The van der Waals surface area contributed by atoms with Gasteiger partial charge in [-0.1, -0.05) is 6.92 Å². The molecule has 2 heterocycles. The smallest absolute Gasteiger partial charge is 0.326 e. The van der Waals surface area contributed by atoms with Crippen molar-refractivity contribution in [2.45, 2.75) is 45.1 Å². The third-order valence-electron chi connectivity index (χ3n) is 4.43. The molecule has 1 aromatic heterocycles. The molecule has 0 aromatic carbocycles. The highest BCUT2D eigenvalue weighted by Gasteiger charge is 2.36. The number of carboxylic acid groups (broad SMARTS) is 1. The number of amides is 1. The maximum atomic E-state index is 12.6. The van der Waals surface area contributed by atoms with Crippen LogP contribution in [0.25, 0.3) is 0 Å². The molecule has 1 aliphatic heterocycles. The molecule has 108 valence electrons. The van der Waals surface area contributed by atoms with Crippen LogP contribution >= 0.6 is 11.3 Å². The molecule has 5 heteroatoms. The van der Waals surface area contributed by atoms with Crippen molar-refractivity contribution in [2.75, 3.05) is 6.54 Å². The molecule has 0 saturated carbocycles. The Balaban J connectivity index is 1.86. The molecule has 1 fully saturated rings. The van der Waals surface area contributed by atoms with Gasteiger partial charge in [-0.25, -0.2) is 4.79 Å². The summed E-state index contributed by atoms with van der Waals surface area (Å²) in [6.45, 7) is 2.81. The van der Waals surface area contributed by atoms with Gasteiger partial charge in [0, 0.05) is 16.8 Å². The van der Waals surface area contributed by atoms with Gasteiger partial charge in [0.05, 0.1) is 5.56 Å². The first-order valence-electron chi connectivity index (χ1n) is 7.21. The van der Waals surface area contributed by atoms with Crippen LogP contribution in [0.5, 0.6) is 0 Å². The molecule has 1 N–H and O–H groups in total. The van der Waals surface area contributed by atoms with E-state index in [0.717, 1.165) is 31.2 Å². The zero-order valence-corrected chi connectivity index (χ0v) is 12.4. The number of rotatable bonds is 2. The van der Waals surface area contributed by atoms with E-state index < -0.39 is 12.0 Å². The van der Waals surface area contributed by atoms with Crippen molar-refractivity contribution in [3.63, 3.8) is 0 Å². The number of carboxylic acids is 1. The SMILES string of the molecule is CC1CCc2c(C(=O)N3CCCC3C(=O)O)csc2C1. The number of fused-ring (bicyclic) bond motifs is 1. The Kier molecular flexibility index (Phi) is 3.54. The van der Waals surface area contributed by atoms with Gasteiger partial charge in [-0.15, -0.1) is 11.3 Å². The van der Waals surface area contributed by atoms with Crippen LogP contribution in [0.15, 0.2) is 5.38 Å². The van der Waals surface area contributed by atoms with Crippen LogP contribution in [-0.2, 0) is 17.6 Å². The van der Waals surface area contributed by atoms with Gasteiger partial charge in [0.2, 0.25) is 0 Å². The summed E-state index contributed by atoms with van der Waals surface area (Å²) in [5.41, 5.74) is 1.93. The minimum Gasteiger partial charge on any atom is -0.480 e. The number of nitrogens with zero attached hydrogens (tertiary/aromatic N) is 1. The minimum atomic E-state index is -0.881. The van der Waals surface area contributed by atoms with E-state index in [1.165, 1.54) is 10.4 Å². The first kappa shape index (κ1) is 13.6. The van der Waals surface area contributed by atoms with E-state index in [9.17, 15) is 14.7 Å². The van der Waals surface area contributed by atoms with Gasteiger partial charge < -0.3 is 10.0 Å². The average Bonchev–Trinajstić information content (AvgIpc) is 3.03. The molecule has 20 heavy (non-hydrogen) atoms. The molecule has 0 bridgehead atoms. The predicted molar refractivity (Wildman–Crippen MR) is 77.2 cm³/mol. The summed E-state index contributed by atoms with van der Waals surface area (Å²) in [5, 5.41) is 11.1. The first-order chi connectivity index (χ1) is 9.58. The Morgan fingerprint density at radius 1 is 1.40 bits per heavy atom. The number of likely N-dealkylation sites (tertiary alicyclic amines) is 1. The van der Waals surface area contributed by atoms with Crippen molar-refractivity contribution < 1.29 is 14.7 Å². The third-order valence-corrected chi connectivity index (χ3v) is 5.48. The molecule has 0 spiro atoms. The Labute approximate surface area is 122 Å². The van der Waals surface area contributed by atoms with Crippen LogP contribution < -0.4 is 0 Å². The van der Waals surface area contributed by atoms with Gasteiger partial charge in [0.25, 0.3) is 5.91 Å². The highest BCUT2D eigenvalue weighted by atomic mass is 32.1. The van der Waals surface area contributed by atoms with E-state index in [-0.39, 0.29) is 5.91 Å². The second-order valence-electron chi connectivity index (χ2n) is 5.89. The van der Waals surface area contributed by atoms with Gasteiger partial charge in [-0.2, -0.15) is 0 Å². The normalized spacial score (nSPS) is 25.6. The molecule has 2 aliphatic rings. The summed E-state index contributed by atoms with van der Waals surface area (Å²) in [6.07, 6.45) is 4.48. The maximum absolute atomic E-state index is 12.6. The second-order valence-corrected chi connectivity index (χ2v) is 6.86. The van der Waals surface area contributed by atoms with E-state index >= 15 is 0 Å². The van der Waals surface area contributed by atoms with Crippen molar-refractivity contribution in [2.24, 2.45) is 5.92 Å². The standard InChI is InChI=1S/C15H19NO3S/c1-9-4-5-10-11(8-20-13(10)7-9)14(17)16-6-2-3-12(16)15(18)19/h8-9,12H,2-7H2,1H3,(H,18,19). The summed E-state index contributed by atoms with van der Waals surface area (Å²) < 4.78 is 0. The lowest BCUT2D eigenvalue weighted by Gasteiger charge is -2.23. The van der Waals surface area contributed by atoms with E-state index in [4.69, 9.17) is 0 Å². The van der Waals surface area contributed by atoms with Crippen LogP contribution in [-0.4, -0.2) is 34.5 Å². The molecule has 2 unspecified atom stereocenters. The summed E-state index contributed by atoms with van der Waals surface area (Å²) in [4.78, 5) is 26.7. The zero-order chi connectivity index (χ0) is 14.3. The molecular formula is C15H19NO3S. The topological polar surface area (TPSA) is 57.6 Å². The third kappa shape index (κ3) is 2.24. The molecule has 0 radical (unpaired) electrons. The zero-order valence-electron chi connectivity index (χ0n) is 11.6. The van der Waals surface area contributed by atoms with E-state index in [1.807, 2.05) is 5.38 Å². The number of hydrogen-bond donors (Lipinski definition) is 1. The highest BCUT2D eigenvalue weighted by molar-refractivity contribution is 7.10. The lowest BCUT2D eigenvalue weighted by atomic mass is 9.88. The fourth-order valence-corrected chi connectivity index (χ4v) is 4.52. The first-order valence-corrected chi connectivity index (χ1v) is 8.09. The van der Waals surface area contributed by atoms with Crippen molar-refractivity contribution in [1.29, 1.82) is 0 Å². The Morgan fingerprint density at radius 2 is 2.20 bits per heavy atom. The average molecular weight is 293 g/mol. The van der Waals surface area contributed by atoms with Crippen molar-refractivity contribution >= 4 is 23.2 Å². The van der Waals surface area contributed by atoms with Gasteiger partial charge in [0.15, 0.2) is 0 Å². The lowest BCUT2D eigenvalue weighted by molar-refractivity contribution is -0.141. The summed E-state index contributed by atoms with van der Waals surface area (Å²) in [5.74, 6) is -0.279.